The molecule has 0 aromatic heterocycles. The summed E-state index contributed by atoms with van der Waals surface area (Å²) in [6, 6.07) is 19.3. The average molecular weight is 392 g/mol. The number of methoxy groups -OCH3 is 1. The van der Waals surface area contributed by atoms with Gasteiger partial charge in [-0.25, -0.2) is 4.79 Å². The zero-order chi connectivity index (χ0) is 20.8. The van der Waals surface area contributed by atoms with E-state index in [1.54, 1.807) is 42.5 Å². The molecule has 0 aliphatic rings. The van der Waals surface area contributed by atoms with Gasteiger partial charge in [0.25, 0.3) is 11.8 Å². The summed E-state index contributed by atoms with van der Waals surface area (Å²) >= 11 is 0. The first-order valence-electron chi connectivity index (χ1n) is 8.92. The Morgan fingerprint density at radius 2 is 1.48 bits per heavy atom. The molecule has 3 rings (SSSR count). The Morgan fingerprint density at radius 1 is 0.862 bits per heavy atom. The van der Waals surface area contributed by atoms with Gasteiger partial charge < -0.3 is 9.47 Å². The van der Waals surface area contributed by atoms with Gasteiger partial charge in [0.15, 0.2) is 6.10 Å². The third-order valence-electron chi connectivity index (χ3n) is 4.28. The molecule has 148 valence electrons. The second-order valence-electron chi connectivity index (χ2n) is 6.26. The molecule has 0 aliphatic carbocycles. The van der Waals surface area contributed by atoms with Crippen molar-refractivity contribution in [1.29, 1.82) is 0 Å². The van der Waals surface area contributed by atoms with E-state index in [0.717, 1.165) is 10.8 Å². The van der Waals surface area contributed by atoms with Crippen LogP contribution >= 0.6 is 0 Å². The number of nitrogens with one attached hydrogen (secondary N) is 2. The number of carbonyl (C=O) groups is 3. The molecule has 0 saturated carbocycles. The van der Waals surface area contributed by atoms with E-state index >= 15 is 0 Å². The Bertz CT molecular complexity index is 1050. The number of benzene rings is 3. The molecule has 0 heterocycles. The van der Waals surface area contributed by atoms with E-state index in [0.29, 0.717) is 11.3 Å². The fourth-order valence-electron chi connectivity index (χ4n) is 2.71. The van der Waals surface area contributed by atoms with Gasteiger partial charge in [0.1, 0.15) is 11.3 Å². The van der Waals surface area contributed by atoms with E-state index in [4.69, 9.17) is 9.47 Å². The minimum atomic E-state index is -1.13. The fourth-order valence-corrected chi connectivity index (χ4v) is 2.71. The number of hydrogen-bond acceptors (Lipinski definition) is 5. The van der Waals surface area contributed by atoms with Gasteiger partial charge in [-0.05, 0) is 42.0 Å². The minimum Gasteiger partial charge on any atom is -0.496 e. The van der Waals surface area contributed by atoms with Crippen LogP contribution in [0.25, 0.3) is 10.8 Å². The van der Waals surface area contributed by atoms with Gasteiger partial charge in [-0.1, -0.05) is 42.5 Å². The van der Waals surface area contributed by atoms with Crippen LogP contribution in [0.15, 0.2) is 66.7 Å². The molecule has 2 amide bonds. The predicted octanol–water partition coefficient (Wildman–Crippen LogP) is 2.85. The maximum atomic E-state index is 12.6. The van der Waals surface area contributed by atoms with E-state index in [1.165, 1.54) is 14.0 Å². The summed E-state index contributed by atoms with van der Waals surface area (Å²) in [4.78, 5) is 36.7. The summed E-state index contributed by atoms with van der Waals surface area (Å²) in [5.74, 6) is -1.50. The summed E-state index contributed by atoms with van der Waals surface area (Å²) in [5, 5.41) is 1.75. The van der Waals surface area contributed by atoms with Gasteiger partial charge in [-0.2, -0.15) is 0 Å². The first kappa shape index (κ1) is 19.9. The molecule has 7 nitrogen and oxygen atoms in total. The Balaban J connectivity index is 1.64. The van der Waals surface area contributed by atoms with Gasteiger partial charge in [0, 0.05) is 5.56 Å². The maximum Gasteiger partial charge on any atom is 0.342 e. The summed E-state index contributed by atoms with van der Waals surface area (Å²) in [6.45, 7) is 1.41. The topological polar surface area (TPSA) is 93.7 Å². The number of rotatable bonds is 5. The second-order valence-corrected chi connectivity index (χ2v) is 6.26. The Kier molecular flexibility index (Phi) is 6.09. The highest BCUT2D eigenvalue weighted by Crippen LogP contribution is 2.26. The van der Waals surface area contributed by atoms with Crippen molar-refractivity contribution in [2.75, 3.05) is 7.11 Å². The van der Waals surface area contributed by atoms with E-state index in [-0.39, 0.29) is 5.56 Å². The lowest BCUT2D eigenvalue weighted by Crippen LogP contribution is -2.46. The van der Waals surface area contributed by atoms with Gasteiger partial charge in [-0.15, -0.1) is 0 Å². The average Bonchev–Trinajstić information content (AvgIpc) is 2.76. The minimum absolute atomic E-state index is 0.208. The lowest BCUT2D eigenvalue weighted by Gasteiger charge is -2.15. The molecule has 7 heteroatoms. The third kappa shape index (κ3) is 4.70. The normalized spacial score (nSPS) is 11.4. The van der Waals surface area contributed by atoms with Crippen LogP contribution in [0.5, 0.6) is 5.75 Å². The lowest BCUT2D eigenvalue weighted by molar-refractivity contribution is -0.129. The molecule has 0 saturated heterocycles. The van der Waals surface area contributed by atoms with Crippen LogP contribution in [0.2, 0.25) is 0 Å². The molecule has 0 bridgehead atoms. The summed E-state index contributed by atoms with van der Waals surface area (Å²) < 4.78 is 10.5. The van der Waals surface area contributed by atoms with Crippen molar-refractivity contribution in [2.45, 2.75) is 13.0 Å². The highest BCUT2D eigenvalue weighted by molar-refractivity contribution is 6.00. The molecule has 0 unspecified atom stereocenters. The Morgan fingerprint density at radius 3 is 2.14 bits per heavy atom. The van der Waals surface area contributed by atoms with Crippen molar-refractivity contribution in [3.8, 4) is 5.75 Å². The predicted molar refractivity (Wildman–Crippen MR) is 107 cm³/mol. The van der Waals surface area contributed by atoms with Crippen LogP contribution in [-0.2, 0) is 9.53 Å². The van der Waals surface area contributed by atoms with Crippen LogP contribution in [0, 0.1) is 0 Å². The number of hydrazine groups is 1. The number of hydrogen-bond donors (Lipinski definition) is 2. The molecule has 0 radical (unpaired) electrons. The lowest BCUT2D eigenvalue weighted by atomic mass is 10.1. The molecule has 29 heavy (non-hydrogen) atoms. The molecular formula is C22H20N2O5. The van der Waals surface area contributed by atoms with Crippen molar-refractivity contribution in [3.63, 3.8) is 0 Å². The monoisotopic (exact) mass is 392 g/mol. The highest BCUT2D eigenvalue weighted by Gasteiger charge is 2.22. The van der Waals surface area contributed by atoms with E-state index in [1.807, 2.05) is 24.3 Å². The molecule has 0 fully saturated rings. The summed E-state index contributed by atoms with van der Waals surface area (Å²) in [7, 11) is 1.45. The molecule has 3 aromatic rings. The number of fused-ring (bicyclic) bond motifs is 1. The first-order chi connectivity index (χ1) is 14.0. The van der Waals surface area contributed by atoms with Crippen LogP contribution in [0.3, 0.4) is 0 Å². The number of ether oxygens (including phenoxy) is 2. The van der Waals surface area contributed by atoms with Crippen LogP contribution in [0.1, 0.15) is 27.6 Å². The van der Waals surface area contributed by atoms with Gasteiger partial charge >= 0.3 is 5.97 Å². The smallest absolute Gasteiger partial charge is 0.342 e. The zero-order valence-electron chi connectivity index (χ0n) is 16.0. The number of esters is 1. The van der Waals surface area contributed by atoms with Gasteiger partial charge in [-0.3, -0.25) is 20.4 Å². The molecular weight excluding hydrogens is 372 g/mol. The first-order valence-corrected chi connectivity index (χ1v) is 8.92. The van der Waals surface area contributed by atoms with Gasteiger partial charge in [0.05, 0.1) is 7.11 Å². The quantitative estimate of drug-likeness (QED) is 0.514. The number of carbonyl (C=O) groups excluding carboxylic acids is 3. The van der Waals surface area contributed by atoms with Crippen molar-refractivity contribution < 1.29 is 23.9 Å². The van der Waals surface area contributed by atoms with Crippen molar-refractivity contribution in [3.05, 3.63) is 77.9 Å². The van der Waals surface area contributed by atoms with Crippen molar-refractivity contribution >= 4 is 28.6 Å². The van der Waals surface area contributed by atoms with Crippen LogP contribution in [-0.4, -0.2) is 31.0 Å². The molecule has 3 aromatic carbocycles. The number of amides is 2. The molecule has 0 spiro atoms. The van der Waals surface area contributed by atoms with Crippen LogP contribution < -0.4 is 15.6 Å². The SMILES string of the molecule is COc1cc2ccccc2cc1C(=O)O[C@H](C)C(=O)NNC(=O)c1ccccc1. The van der Waals surface area contributed by atoms with Crippen molar-refractivity contribution in [2.24, 2.45) is 0 Å². The van der Waals surface area contributed by atoms with E-state index in [9.17, 15) is 14.4 Å². The maximum absolute atomic E-state index is 12.6. The Labute approximate surface area is 167 Å². The summed E-state index contributed by atoms with van der Waals surface area (Å²) in [5.41, 5.74) is 5.13. The zero-order valence-corrected chi connectivity index (χ0v) is 16.0. The van der Waals surface area contributed by atoms with Crippen molar-refractivity contribution in [1.82, 2.24) is 10.9 Å². The largest absolute Gasteiger partial charge is 0.496 e. The Hall–Kier alpha value is -3.87. The van der Waals surface area contributed by atoms with Gasteiger partial charge in [0.2, 0.25) is 0 Å². The van der Waals surface area contributed by atoms with E-state index < -0.39 is 23.9 Å². The second kappa shape index (κ2) is 8.88. The fraction of sp³-hybridized carbons (Fsp3) is 0.136. The molecule has 0 aliphatic heterocycles. The van der Waals surface area contributed by atoms with E-state index in [2.05, 4.69) is 10.9 Å². The highest BCUT2D eigenvalue weighted by atomic mass is 16.5. The van der Waals surface area contributed by atoms with Crippen LogP contribution in [0.4, 0.5) is 0 Å². The summed E-state index contributed by atoms with van der Waals surface area (Å²) in [6.07, 6.45) is -1.13. The third-order valence-corrected chi connectivity index (χ3v) is 4.28. The molecule has 2 N–H and O–H groups in total. The standard InChI is InChI=1S/C22H20N2O5/c1-14(20(25)23-24-21(26)15-8-4-3-5-9-15)29-22(27)18-12-16-10-6-7-11-17(16)13-19(18)28-2/h3-14H,1-2H3,(H,23,25)(H,24,26)/t14-/m1/s1. The molecule has 1 atom stereocenters.